The topological polar surface area (TPSA) is 239 Å². The molecule has 0 spiro atoms. The molecule has 64 heavy (non-hydrogen) atoms. The molecular formula is C50H102O14. The normalized spacial score (nSPS) is 7.00. The van der Waals surface area contributed by atoms with Crippen LogP contribution in [0.4, 0.5) is 0 Å². The third-order valence-corrected chi connectivity index (χ3v) is 3.49. The van der Waals surface area contributed by atoms with Crippen LogP contribution in [0, 0.1) is 0 Å². The summed E-state index contributed by atoms with van der Waals surface area (Å²) in [4.78, 5) is 135. The summed E-state index contributed by atoms with van der Waals surface area (Å²) in [6, 6.07) is 0. The molecule has 0 aromatic heterocycles. The highest BCUT2D eigenvalue weighted by Crippen LogP contribution is 1.74. The van der Waals surface area contributed by atoms with Crippen molar-refractivity contribution in [2.75, 3.05) is 0 Å². The molecule has 0 aromatic rings. The van der Waals surface area contributed by atoms with E-state index in [1.807, 2.05) is 48.5 Å². The van der Waals surface area contributed by atoms with Gasteiger partial charge in [-0.1, -0.05) is 55.9 Å². The fourth-order valence-electron chi connectivity index (χ4n) is 0. The Bertz CT molecular complexity index is 893. The maximum absolute atomic E-state index is 9.81. The van der Waals surface area contributed by atoms with Gasteiger partial charge in [0.25, 0.3) is 0 Å². The Kier molecular flexibility index (Phi) is 157. The molecule has 0 aromatic carbocycles. The standard InChI is InChI=1S/7C4H8O.7C3H6O.CH4/c7*1-3-4(2)5;7*1-3(2)4;/h7*3H2,1-2H3;7*1-2H3;1H4. The molecule has 0 saturated heterocycles. The molecule has 0 aliphatic carbocycles. The van der Waals surface area contributed by atoms with Gasteiger partial charge in [-0.15, -0.1) is 0 Å². The molecule has 0 heterocycles. The van der Waals surface area contributed by atoms with E-state index in [1.54, 1.807) is 48.5 Å². The van der Waals surface area contributed by atoms with Crippen LogP contribution < -0.4 is 0 Å². The average molecular weight is 927 g/mol. The number of hydrogen-bond acceptors (Lipinski definition) is 14. The van der Waals surface area contributed by atoms with Crippen LogP contribution in [0.1, 0.15) is 246 Å². The fourth-order valence-corrected chi connectivity index (χ4v) is 0. The van der Waals surface area contributed by atoms with E-state index in [9.17, 15) is 67.1 Å². The maximum Gasteiger partial charge on any atom is 0.129 e. The largest absolute Gasteiger partial charge is 0.300 e. The highest BCUT2D eigenvalue weighted by molar-refractivity contribution is 5.77. The van der Waals surface area contributed by atoms with Gasteiger partial charge >= 0.3 is 0 Å². The monoisotopic (exact) mass is 927 g/mol. The average Bonchev–Trinajstić information content (AvgIpc) is 3.08. The smallest absolute Gasteiger partial charge is 0.129 e. The lowest BCUT2D eigenvalue weighted by molar-refractivity contribution is -0.117. The number of rotatable bonds is 7. The van der Waals surface area contributed by atoms with Crippen LogP contribution in [0.3, 0.4) is 0 Å². The molecule has 0 aliphatic heterocycles. The predicted octanol–water partition coefficient (Wildman–Crippen LogP) is 11.7. The molecule has 14 heteroatoms. The summed E-state index contributed by atoms with van der Waals surface area (Å²) in [5, 5.41) is 0. The SMILES string of the molecule is C.CC(C)=O.CC(C)=O.CC(C)=O.CC(C)=O.CC(C)=O.CC(C)=O.CC(C)=O.CCC(C)=O.CCC(C)=O.CCC(C)=O.CCC(C)=O.CCC(C)=O.CCC(C)=O.CCC(C)=O. The molecule has 0 atom stereocenters. The second-order valence-corrected chi connectivity index (χ2v) is 13.7. The third kappa shape index (κ3) is 2070. The zero-order valence-corrected chi connectivity index (χ0v) is 45.7. The molecule has 14 nitrogen and oxygen atoms in total. The molecule has 0 unspecified atom stereocenters. The van der Waals surface area contributed by atoms with E-state index in [0.717, 1.165) is 0 Å². The zero-order valence-electron chi connectivity index (χ0n) is 45.7. The van der Waals surface area contributed by atoms with Gasteiger partial charge in [-0.05, 0) is 145 Å². The number of carbonyl (C=O) groups excluding carboxylic acids is 14. The minimum absolute atomic E-state index is 0. The molecular weight excluding hydrogens is 825 g/mol. The molecule has 0 amide bonds. The molecule has 386 valence electrons. The fraction of sp³-hybridized carbons (Fsp3) is 0.720. The Hall–Kier alpha value is -4.62. The van der Waals surface area contributed by atoms with Crippen molar-refractivity contribution in [3.63, 3.8) is 0 Å². The molecule has 0 aliphatic rings. The first kappa shape index (κ1) is 103. The van der Waals surface area contributed by atoms with Crippen molar-refractivity contribution in [1.29, 1.82) is 0 Å². The van der Waals surface area contributed by atoms with E-state index in [0.29, 0.717) is 44.9 Å². The number of ketones is 14. The lowest BCUT2D eigenvalue weighted by atomic mass is 10.4. The summed E-state index contributed by atoms with van der Waals surface area (Å²) in [5.41, 5.74) is 0. The molecule has 0 N–H and O–H groups in total. The van der Waals surface area contributed by atoms with Crippen molar-refractivity contribution < 1.29 is 67.1 Å². The van der Waals surface area contributed by atoms with Gasteiger partial charge in [-0.25, -0.2) is 0 Å². The van der Waals surface area contributed by atoms with E-state index in [1.165, 1.54) is 96.9 Å². The lowest BCUT2D eigenvalue weighted by Gasteiger charge is -1.71. The summed E-state index contributed by atoms with van der Waals surface area (Å²) in [7, 11) is 0. The highest BCUT2D eigenvalue weighted by atomic mass is 16.2. The maximum atomic E-state index is 9.81. The van der Waals surface area contributed by atoms with Gasteiger partial charge in [-0.2, -0.15) is 0 Å². The Balaban J connectivity index is -0.0000000311. The van der Waals surface area contributed by atoms with Crippen molar-refractivity contribution in [2.24, 2.45) is 0 Å². The summed E-state index contributed by atoms with van der Waals surface area (Å²) in [6.07, 6.45) is 4.67. The van der Waals surface area contributed by atoms with Crippen LogP contribution in [0.2, 0.25) is 0 Å². The highest BCUT2D eigenvalue weighted by Gasteiger charge is 1.80. The minimum atomic E-state index is 0. The van der Waals surface area contributed by atoms with Gasteiger partial charge in [0.05, 0.1) is 0 Å². The van der Waals surface area contributed by atoms with Crippen molar-refractivity contribution in [3.8, 4) is 0 Å². The Morgan fingerprint density at radius 1 is 0.172 bits per heavy atom. The summed E-state index contributed by atoms with van der Waals surface area (Å²) in [5.74, 6) is 2.95. The summed E-state index contributed by atoms with van der Waals surface area (Å²) >= 11 is 0. The molecule has 0 rings (SSSR count). The van der Waals surface area contributed by atoms with E-state index in [2.05, 4.69) is 0 Å². The number of carbonyl (C=O) groups is 14. The van der Waals surface area contributed by atoms with Crippen LogP contribution in [0.15, 0.2) is 0 Å². The minimum Gasteiger partial charge on any atom is -0.300 e. The van der Waals surface area contributed by atoms with Crippen LogP contribution in [0.5, 0.6) is 0 Å². The lowest BCUT2D eigenvalue weighted by Crippen LogP contribution is -1.80. The Morgan fingerprint density at radius 3 is 0.188 bits per heavy atom. The van der Waals surface area contributed by atoms with E-state index >= 15 is 0 Å². The van der Waals surface area contributed by atoms with Crippen LogP contribution in [-0.4, -0.2) is 81.0 Å². The Morgan fingerprint density at radius 2 is 0.188 bits per heavy atom. The van der Waals surface area contributed by atoms with Gasteiger partial charge in [0.2, 0.25) is 0 Å². The van der Waals surface area contributed by atoms with Crippen LogP contribution in [-0.2, 0) is 67.1 Å². The van der Waals surface area contributed by atoms with Crippen molar-refractivity contribution in [2.45, 2.75) is 246 Å². The van der Waals surface area contributed by atoms with E-state index in [-0.39, 0.29) is 88.4 Å². The molecule has 0 bridgehead atoms. The molecule has 0 radical (unpaired) electrons. The first-order valence-electron chi connectivity index (χ1n) is 20.8. The molecule has 0 saturated carbocycles. The van der Waals surface area contributed by atoms with Crippen molar-refractivity contribution in [1.82, 2.24) is 0 Å². The van der Waals surface area contributed by atoms with Gasteiger partial charge in [-0.3, -0.25) is 0 Å². The van der Waals surface area contributed by atoms with Crippen LogP contribution in [0.25, 0.3) is 0 Å². The van der Waals surface area contributed by atoms with E-state index < -0.39 is 0 Å². The molecule has 0 fully saturated rings. The first-order chi connectivity index (χ1) is 28.0. The van der Waals surface area contributed by atoms with Gasteiger partial charge in [0.15, 0.2) is 0 Å². The van der Waals surface area contributed by atoms with Crippen LogP contribution >= 0.6 is 0 Å². The van der Waals surface area contributed by atoms with Crippen molar-refractivity contribution >= 4 is 81.0 Å². The van der Waals surface area contributed by atoms with Crippen molar-refractivity contribution in [3.05, 3.63) is 0 Å². The Labute approximate surface area is 393 Å². The summed E-state index contributed by atoms with van der Waals surface area (Å²) < 4.78 is 0. The first-order valence-corrected chi connectivity index (χ1v) is 20.8. The van der Waals surface area contributed by atoms with Gasteiger partial charge in [0, 0.05) is 44.9 Å². The summed E-state index contributed by atoms with van der Waals surface area (Å²) in [6.45, 7) is 45.4. The van der Waals surface area contributed by atoms with Gasteiger partial charge < -0.3 is 67.1 Å². The third-order valence-electron chi connectivity index (χ3n) is 3.49. The zero-order chi connectivity index (χ0) is 55.0. The van der Waals surface area contributed by atoms with Gasteiger partial charge in [0.1, 0.15) is 81.0 Å². The second-order valence-electron chi connectivity index (χ2n) is 13.7. The number of Topliss-reactive ketones (excluding diaryl/α,β-unsaturated/α-hetero) is 14. The quantitative estimate of drug-likeness (QED) is 0.231. The second kappa shape index (κ2) is 97.6. The predicted molar refractivity (Wildman–Crippen MR) is 268 cm³/mol. The van der Waals surface area contributed by atoms with E-state index in [4.69, 9.17) is 0 Å². The number of hydrogen-bond donors (Lipinski definition) is 0.